The van der Waals surface area contributed by atoms with Crippen molar-refractivity contribution in [1.29, 1.82) is 0 Å². The SMILES string of the molecule is CNCC1CCCCN1S(=O)(=O)NCC(C)N(C)C. The highest BCUT2D eigenvalue weighted by atomic mass is 32.2. The van der Waals surface area contributed by atoms with Crippen molar-refractivity contribution in [2.24, 2.45) is 0 Å². The van der Waals surface area contributed by atoms with E-state index in [0.717, 1.165) is 19.3 Å². The maximum atomic E-state index is 12.4. The standard InChI is InChI=1S/C12H28N4O2S/c1-11(15(3)4)9-14-19(17,18)16-8-6-5-7-12(16)10-13-2/h11-14H,5-10H2,1-4H3. The average molecular weight is 292 g/mol. The minimum Gasteiger partial charge on any atom is -0.318 e. The monoisotopic (exact) mass is 292 g/mol. The summed E-state index contributed by atoms with van der Waals surface area (Å²) in [6, 6.07) is 0.258. The second kappa shape index (κ2) is 7.54. The maximum Gasteiger partial charge on any atom is 0.279 e. The molecular formula is C12H28N4O2S. The van der Waals surface area contributed by atoms with E-state index < -0.39 is 10.2 Å². The zero-order valence-electron chi connectivity index (χ0n) is 12.5. The fourth-order valence-corrected chi connectivity index (χ4v) is 3.78. The van der Waals surface area contributed by atoms with E-state index in [2.05, 4.69) is 10.0 Å². The first-order valence-corrected chi connectivity index (χ1v) is 8.40. The highest BCUT2D eigenvalue weighted by Gasteiger charge is 2.31. The van der Waals surface area contributed by atoms with Crippen LogP contribution in [-0.2, 0) is 10.2 Å². The summed E-state index contributed by atoms with van der Waals surface area (Å²) in [6.07, 6.45) is 2.99. The number of piperidine rings is 1. The van der Waals surface area contributed by atoms with Crippen LogP contribution in [0.2, 0.25) is 0 Å². The second-order valence-electron chi connectivity index (χ2n) is 5.48. The molecule has 7 heteroatoms. The fourth-order valence-electron chi connectivity index (χ4n) is 2.22. The van der Waals surface area contributed by atoms with E-state index in [0.29, 0.717) is 19.6 Å². The van der Waals surface area contributed by atoms with Gasteiger partial charge in [-0.15, -0.1) is 0 Å². The molecule has 0 aliphatic carbocycles. The van der Waals surface area contributed by atoms with Crippen molar-refractivity contribution in [3.05, 3.63) is 0 Å². The first-order chi connectivity index (χ1) is 8.88. The van der Waals surface area contributed by atoms with E-state index in [9.17, 15) is 8.42 Å². The normalized spacial score (nSPS) is 23.7. The van der Waals surface area contributed by atoms with Gasteiger partial charge in [-0.1, -0.05) is 6.42 Å². The van der Waals surface area contributed by atoms with Crippen LogP contribution in [0.5, 0.6) is 0 Å². The Labute approximate surface area is 117 Å². The molecular weight excluding hydrogens is 264 g/mol. The van der Waals surface area contributed by atoms with Crippen molar-refractivity contribution in [3.63, 3.8) is 0 Å². The zero-order chi connectivity index (χ0) is 14.5. The Morgan fingerprint density at radius 3 is 2.63 bits per heavy atom. The van der Waals surface area contributed by atoms with Crippen molar-refractivity contribution < 1.29 is 8.42 Å². The Balaban J connectivity index is 2.63. The molecule has 1 rings (SSSR count). The van der Waals surface area contributed by atoms with E-state index in [1.807, 2.05) is 33.0 Å². The Morgan fingerprint density at radius 1 is 1.37 bits per heavy atom. The number of hydrogen-bond donors (Lipinski definition) is 2. The summed E-state index contributed by atoms with van der Waals surface area (Å²) in [6.45, 7) is 3.78. The van der Waals surface area contributed by atoms with Gasteiger partial charge >= 0.3 is 0 Å². The number of nitrogens with one attached hydrogen (secondary N) is 2. The molecule has 1 fully saturated rings. The van der Waals surface area contributed by atoms with Crippen LogP contribution in [0.25, 0.3) is 0 Å². The average Bonchev–Trinajstić information content (AvgIpc) is 2.37. The highest BCUT2D eigenvalue weighted by Crippen LogP contribution is 2.19. The van der Waals surface area contributed by atoms with Gasteiger partial charge in [-0.2, -0.15) is 12.7 Å². The zero-order valence-corrected chi connectivity index (χ0v) is 13.3. The highest BCUT2D eigenvalue weighted by molar-refractivity contribution is 7.87. The van der Waals surface area contributed by atoms with Crippen LogP contribution in [0, 0.1) is 0 Å². The van der Waals surface area contributed by atoms with Gasteiger partial charge in [0.2, 0.25) is 0 Å². The smallest absolute Gasteiger partial charge is 0.279 e. The van der Waals surface area contributed by atoms with Crippen LogP contribution in [-0.4, -0.2) is 70.5 Å². The minimum atomic E-state index is -3.37. The van der Waals surface area contributed by atoms with Gasteiger partial charge in [-0.05, 0) is 40.9 Å². The Hall–Kier alpha value is -0.210. The van der Waals surface area contributed by atoms with Gasteiger partial charge in [0, 0.05) is 31.7 Å². The molecule has 2 unspecified atom stereocenters. The molecule has 2 atom stereocenters. The van der Waals surface area contributed by atoms with E-state index in [-0.39, 0.29) is 12.1 Å². The lowest BCUT2D eigenvalue weighted by Crippen LogP contribution is -2.53. The van der Waals surface area contributed by atoms with E-state index in [1.54, 1.807) is 4.31 Å². The van der Waals surface area contributed by atoms with Crippen LogP contribution in [0.15, 0.2) is 0 Å². The summed E-state index contributed by atoms with van der Waals surface area (Å²) in [5.41, 5.74) is 0. The van der Waals surface area contributed by atoms with Gasteiger partial charge in [-0.3, -0.25) is 0 Å². The summed E-state index contributed by atoms with van der Waals surface area (Å²) >= 11 is 0. The molecule has 0 aromatic rings. The maximum absolute atomic E-state index is 12.4. The molecule has 1 aliphatic heterocycles. The second-order valence-corrected chi connectivity index (χ2v) is 7.19. The molecule has 1 saturated heterocycles. The summed E-state index contributed by atoms with van der Waals surface area (Å²) in [5, 5.41) is 3.08. The van der Waals surface area contributed by atoms with Gasteiger partial charge in [-0.25, -0.2) is 4.72 Å². The first kappa shape index (κ1) is 16.8. The number of likely N-dealkylation sites (N-methyl/N-ethyl adjacent to an activating group) is 2. The predicted molar refractivity (Wildman–Crippen MR) is 78.3 cm³/mol. The van der Waals surface area contributed by atoms with Crippen LogP contribution in [0.3, 0.4) is 0 Å². The van der Waals surface area contributed by atoms with Crippen molar-refractivity contribution in [2.75, 3.05) is 40.8 Å². The topological polar surface area (TPSA) is 64.7 Å². The molecule has 0 bridgehead atoms. The molecule has 114 valence electrons. The van der Waals surface area contributed by atoms with Gasteiger partial charge in [0.25, 0.3) is 10.2 Å². The summed E-state index contributed by atoms with van der Waals surface area (Å²) in [4.78, 5) is 2.00. The predicted octanol–water partition coefficient (Wildman–Crippen LogP) is -0.155. The van der Waals surface area contributed by atoms with Crippen molar-refractivity contribution in [1.82, 2.24) is 19.2 Å². The molecule has 0 radical (unpaired) electrons. The molecule has 0 spiro atoms. The number of nitrogens with zero attached hydrogens (tertiary/aromatic N) is 2. The molecule has 19 heavy (non-hydrogen) atoms. The Bertz CT molecular complexity index is 357. The lowest BCUT2D eigenvalue weighted by molar-refractivity contribution is 0.243. The van der Waals surface area contributed by atoms with Crippen molar-refractivity contribution in [3.8, 4) is 0 Å². The molecule has 6 nitrogen and oxygen atoms in total. The third-order valence-corrected chi connectivity index (χ3v) is 5.39. The van der Waals surface area contributed by atoms with Gasteiger partial charge < -0.3 is 10.2 Å². The lowest BCUT2D eigenvalue weighted by Gasteiger charge is -2.35. The van der Waals surface area contributed by atoms with Gasteiger partial charge in [0.15, 0.2) is 0 Å². The molecule has 1 aliphatic rings. The molecule has 0 amide bonds. The summed E-state index contributed by atoms with van der Waals surface area (Å²) in [7, 11) is 2.39. The molecule has 0 aromatic heterocycles. The first-order valence-electron chi connectivity index (χ1n) is 6.96. The third kappa shape index (κ3) is 5.00. The molecule has 0 aromatic carbocycles. The summed E-state index contributed by atoms with van der Waals surface area (Å²) < 4.78 is 29.1. The molecule has 1 heterocycles. The summed E-state index contributed by atoms with van der Waals surface area (Å²) in [5.74, 6) is 0. The number of hydrogen-bond acceptors (Lipinski definition) is 4. The quantitative estimate of drug-likeness (QED) is 0.685. The molecule has 0 saturated carbocycles. The van der Waals surface area contributed by atoms with Crippen LogP contribution in [0.1, 0.15) is 26.2 Å². The van der Waals surface area contributed by atoms with Gasteiger partial charge in [0.1, 0.15) is 0 Å². The molecule has 2 N–H and O–H groups in total. The van der Waals surface area contributed by atoms with Crippen LogP contribution < -0.4 is 10.0 Å². The largest absolute Gasteiger partial charge is 0.318 e. The van der Waals surface area contributed by atoms with E-state index in [4.69, 9.17) is 0 Å². The van der Waals surface area contributed by atoms with Crippen molar-refractivity contribution >= 4 is 10.2 Å². The Morgan fingerprint density at radius 2 is 2.05 bits per heavy atom. The lowest BCUT2D eigenvalue weighted by atomic mass is 10.1. The van der Waals surface area contributed by atoms with Crippen LogP contribution in [0.4, 0.5) is 0 Å². The van der Waals surface area contributed by atoms with Crippen LogP contribution >= 0.6 is 0 Å². The Kier molecular flexibility index (Phi) is 6.68. The van der Waals surface area contributed by atoms with E-state index in [1.165, 1.54) is 0 Å². The fraction of sp³-hybridized carbons (Fsp3) is 1.00. The number of rotatable bonds is 7. The van der Waals surface area contributed by atoms with E-state index >= 15 is 0 Å². The van der Waals surface area contributed by atoms with Crippen molar-refractivity contribution in [2.45, 2.75) is 38.3 Å². The van der Waals surface area contributed by atoms with Gasteiger partial charge in [0.05, 0.1) is 0 Å². The minimum absolute atomic E-state index is 0.0749. The third-order valence-electron chi connectivity index (χ3n) is 3.76.